The molecule has 4 amide bonds. The van der Waals surface area contributed by atoms with E-state index in [-0.39, 0.29) is 44.7 Å². The number of fused-ring (bicyclic) bond motifs is 1. The molecule has 0 spiro atoms. The number of H-pyrrole nitrogens is 1. The molecule has 2 heterocycles. The second-order valence-corrected chi connectivity index (χ2v) is 10.3. The van der Waals surface area contributed by atoms with Gasteiger partial charge in [0, 0.05) is 43.0 Å². The highest BCUT2D eigenvalue weighted by Crippen LogP contribution is 2.21. The van der Waals surface area contributed by atoms with Crippen molar-refractivity contribution in [2.45, 2.75) is 69.1 Å². The van der Waals surface area contributed by atoms with Gasteiger partial charge in [0.05, 0.1) is 6.04 Å². The Morgan fingerprint density at radius 2 is 1.81 bits per heavy atom. The number of aliphatic carboxylic acids is 1. The summed E-state index contributed by atoms with van der Waals surface area (Å²) in [5, 5.41) is 16.0. The molecule has 228 valence electrons. The average molecular weight is 586 g/mol. The predicted octanol–water partition coefficient (Wildman–Crippen LogP) is -1.60. The molecule has 3 rings (SSSR count). The quantitative estimate of drug-likeness (QED) is 0.0678. The molecule has 15 heteroatoms. The van der Waals surface area contributed by atoms with Gasteiger partial charge in [-0.15, -0.1) is 0 Å². The summed E-state index contributed by atoms with van der Waals surface area (Å²) in [5.41, 5.74) is 23.4. The Morgan fingerprint density at radius 1 is 1.07 bits per heavy atom. The number of rotatable bonds is 15. The number of hydrogen-bond donors (Lipinski definition) is 8. The normalized spacial score (nSPS) is 16.8. The summed E-state index contributed by atoms with van der Waals surface area (Å²) in [5.74, 6) is -3.72. The van der Waals surface area contributed by atoms with Gasteiger partial charge >= 0.3 is 5.97 Å². The number of primary amides is 1. The number of benzene rings is 1. The van der Waals surface area contributed by atoms with E-state index in [0.29, 0.717) is 24.8 Å². The first-order valence-corrected chi connectivity index (χ1v) is 13.8. The van der Waals surface area contributed by atoms with Crippen LogP contribution in [-0.2, 0) is 30.4 Å². The molecule has 0 bridgehead atoms. The zero-order valence-electron chi connectivity index (χ0n) is 23.3. The first kappa shape index (κ1) is 31.9. The molecule has 42 heavy (non-hydrogen) atoms. The lowest BCUT2D eigenvalue weighted by atomic mass is 10.0. The van der Waals surface area contributed by atoms with Gasteiger partial charge in [-0.3, -0.25) is 24.2 Å². The van der Waals surface area contributed by atoms with Crippen molar-refractivity contribution in [1.82, 2.24) is 20.5 Å². The van der Waals surface area contributed by atoms with Crippen LogP contribution in [0.3, 0.4) is 0 Å². The number of aromatic amines is 1. The van der Waals surface area contributed by atoms with E-state index in [1.54, 1.807) is 6.20 Å². The summed E-state index contributed by atoms with van der Waals surface area (Å²) < 4.78 is 0. The van der Waals surface area contributed by atoms with Crippen molar-refractivity contribution in [3.63, 3.8) is 0 Å². The Labute approximate surface area is 242 Å². The molecule has 12 N–H and O–H groups in total. The summed E-state index contributed by atoms with van der Waals surface area (Å²) in [6.07, 6.45) is 2.98. The van der Waals surface area contributed by atoms with E-state index in [9.17, 15) is 29.1 Å². The molecule has 1 aliphatic heterocycles. The molecule has 1 aromatic carbocycles. The number of amides is 4. The number of aromatic nitrogens is 1. The van der Waals surface area contributed by atoms with Crippen LogP contribution in [0, 0.1) is 0 Å². The fourth-order valence-corrected chi connectivity index (χ4v) is 4.97. The summed E-state index contributed by atoms with van der Waals surface area (Å²) in [7, 11) is 0. The third-order valence-electron chi connectivity index (χ3n) is 7.15. The Bertz CT molecular complexity index is 1320. The number of carboxylic acids is 1. The Hall–Kier alpha value is -4.66. The monoisotopic (exact) mass is 585 g/mol. The van der Waals surface area contributed by atoms with Crippen molar-refractivity contribution in [3.8, 4) is 0 Å². The molecule has 0 radical (unpaired) electrons. The Kier molecular flexibility index (Phi) is 11.2. The number of nitrogens with one attached hydrogen (secondary N) is 3. The van der Waals surface area contributed by atoms with Crippen molar-refractivity contribution in [1.29, 1.82) is 0 Å². The highest BCUT2D eigenvalue weighted by molar-refractivity contribution is 5.95. The molecule has 1 fully saturated rings. The predicted molar refractivity (Wildman–Crippen MR) is 155 cm³/mol. The minimum absolute atomic E-state index is 0.00779. The van der Waals surface area contributed by atoms with Crippen LogP contribution in [-0.4, -0.2) is 87.8 Å². The van der Waals surface area contributed by atoms with E-state index in [4.69, 9.17) is 22.9 Å². The number of guanidine groups is 1. The lowest BCUT2D eigenvalue weighted by Gasteiger charge is -2.28. The summed E-state index contributed by atoms with van der Waals surface area (Å²) >= 11 is 0. The molecule has 1 aromatic heterocycles. The van der Waals surface area contributed by atoms with E-state index in [1.165, 1.54) is 4.90 Å². The van der Waals surface area contributed by atoms with Crippen LogP contribution in [0.5, 0.6) is 0 Å². The molecule has 0 aliphatic carbocycles. The van der Waals surface area contributed by atoms with Crippen LogP contribution in [0.15, 0.2) is 35.5 Å². The number of nitrogens with zero attached hydrogens (tertiary/aromatic N) is 2. The minimum atomic E-state index is -1.28. The summed E-state index contributed by atoms with van der Waals surface area (Å²) in [6.45, 7) is 0.469. The first-order chi connectivity index (χ1) is 20.0. The number of carbonyl (C=O) groups excluding carboxylic acids is 4. The lowest BCUT2D eigenvalue weighted by Crippen LogP contribution is -2.56. The molecule has 0 saturated carbocycles. The van der Waals surface area contributed by atoms with E-state index in [2.05, 4.69) is 20.6 Å². The second-order valence-electron chi connectivity index (χ2n) is 10.3. The van der Waals surface area contributed by atoms with E-state index >= 15 is 0 Å². The number of para-hydroxylation sites is 1. The molecule has 4 atom stereocenters. The molecular weight excluding hydrogens is 546 g/mol. The van der Waals surface area contributed by atoms with E-state index in [1.807, 2.05) is 24.3 Å². The van der Waals surface area contributed by atoms with Crippen molar-refractivity contribution in [3.05, 3.63) is 36.0 Å². The van der Waals surface area contributed by atoms with Crippen LogP contribution in [0.4, 0.5) is 0 Å². The largest absolute Gasteiger partial charge is 0.480 e. The van der Waals surface area contributed by atoms with Crippen LogP contribution >= 0.6 is 0 Å². The Balaban J connectivity index is 1.72. The smallest absolute Gasteiger partial charge is 0.326 e. The van der Waals surface area contributed by atoms with Gasteiger partial charge in [0.15, 0.2) is 5.96 Å². The zero-order valence-corrected chi connectivity index (χ0v) is 23.3. The molecule has 4 unspecified atom stereocenters. The fourth-order valence-electron chi connectivity index (χ4n) is 4.97. The maximum atomic E-state index is 13.4. The van der Waals surface area contributed by atoms with Gasteiger partial charge in [-0.25, -0.2) is 4.79 Å². The van der Waals surface area contributed by atoms with Crippen molar-refractivity contribution in [2.24, 2.45) is 27.9 Å². The molecule has 1 aliphatic rings. The minimum Gasteiger partial charge on any atom is -0.480 e. The highest BCUT2D eigenvalue weighted by atomic mass is 16.4. The SMILES string of the molecule is NC(=O)CCC(N)C(=O)N1CCCC1C(=O)NC(CCCN=C(N)N)C(=O)NC(Cc1c[nH]c2ccccc12)C(=O)O. The maximum absolute atomic E-state index is 13.4. The molecule has 1 saturated heterocycles. The number of likely N-dealkylation sites (tertiary alicyclic amines) is 1. The number of aliphatic imine (C=N–C) groups is 1. The van der Waals surface area contributed by atoms with Gasteiger partial charge in [0.1, 0.15) is 18.1 Å². The molecular formula is C27H39N9O6. The van der Waals surface area contributed by atoms with E-state index < -0.39 is 53.8 Å². The number of nitrogens with two attached hydrogens (primary N) is 4. The van der Waals surface area contributed by atoms with Gasteiger partial charge < -0.3 is 48.6 Å². The van der Waals surface area contributed by atoms with Crippen LogP contribution in [0.2, 0.25) is 0 Å². The fraction of sp³-hybridized carbons (Fsp3) is 0.481. The first-order valence-electron chi connectivity index (χ1n) is 13.8. The van der Waals surface area contributed by atoms with Crippen LogP contribution < -0.4 is 33.6 Å². The van der Waals surface area contributed by atoms with Crippen molar-refractivity contribution < 1.29 is 29.1 Å². The topological polar surface area (TPSA) is 265 Å². The van der Waals surface area contributed by atoms with Crippen molar-refractivity contribution in [2.75, 3.05) is 13.1 Å². The zero-order chi connectivity index (χ0) is 30.8. The second kappa shape index (κ2) is 14.8. The van der Waals surface area contributed by atoms with Crippen LogP contribution in [0.25, 0.3) is 10.9 Å². The summed E-state index contributed by atoms with van der Waals surface area (Å²) in [4.78, 5) is 71.2. The highest BCUT2D eigenvalue weighted by Gasteiger charge is 2.38. The van der Waals surface area contributed by atoms with Crippen LogP contribution in [0.1, 0.15) is 44.1 Å². The average Bonchev–Trinajstić information content (AvgIpc) is 3.60. The molecule has 2 aromatic rings. The third-order valence-corrected chi connectivity index (χ3v) is 7.15. The Morgan fingerprint density at radius 3 is 2.50 bits per heavy atom. The third kappa shape index (κ3) is 8.67. The number of carbonyl (C=O) groups is 5. The van der Waals surface area contributed by atoms with Gasteiger partial charge in [0.25, 0.3) is 0 Å². The summed E-state index contributed by atoms with van der Waals surface area (Å²) in [6, 6.07) is 3.09. The van der Waals surface area contributed by atoms with Gasteiger partial charge in [-0.2, -0.15) is 0 Å². The van der Waals surface area contributed by atoms with E-state index in [0.717, 1.165) is 10.9 Å². The molecule has 15 nitrogen and oxygen atoms in total. The number of carboxylic acid groups (broad SMARTS) is 1. The van der Waals surface area contributed by atoms with Crippen molar-refractivity contribution >= 4 is 46.5 Å². The number of hydrogen-bond acceptors (Lipinski definition) is 7. The standard InChI is InChI=1S/C27H39N9O6/c28-17(9-10-22(29)37)25(40)36-12-4-8-21(36)24(39)34-19(7-3-11-32-27(30)31)23(38)35-20(26(41)42)13-15-14-33-18-6-2-1-5-16(15)18/h1-2,5-6,14,17,19-21,33H,3-4,7-13,28H2,(H2,29,37)(H,34,39)(H,35,38)(H,41,42)(H4,30,31,32). The maximum Gasteiger partial charge on any atom is 0.326 e. The van der Waals surface area contributed by atoms with Gasteiger partial charge in [0.2, 0.25) is 23.6 Å². The van der Waals surface area contributed by atoms with Gasteiger partial charge in [-0.1, -0.05) is 18.2 Å². The lowest BCUT2D eigenvalue weighted by molar-refractivity contribution is -0.143. The van der Waals surface area contributed by atoms with Gasteiger partial charge in [-0.05, 0) is 43.7 Å².